The molecule has 0 spiro atoms. The highest BCUT2D eigenvalue weighted by molar-refractivity contribution is 7.70. The summed E-state index contributed by atoms with van der Waals surface area (Å²) < 4.78 is 74.3. The smallest absolute Gasteiger partial charge is 0.387 e. The number of alkyl halides is 2. The summed E-state index contributed by atoms with van der Waals surface area (Å²) in [6, 6.07) is 8.16. The highest BCUT2D eigenvalue weighted by Crippen LogP contribution is 2.39. The Hall–Kier alpha value is -3.39. The van der Waals surface area contributed by atoms with Crippen molar-refractivity contribution in [2.75, 3.05) is 13.2 Å². The predicted molar refractivity (Wildman–Crippen MR) is 165 cm³/mol. The number of ether oxygens (including phenoxy) is 4. The monoisotopic (exact) mass is 700 g/mol. The van der Waals surface area contributed by atoms with Gasteiger partial charge in [-0.25, -0.2) is 17.9 Å². The van der Waals surface area contributed by atoms with Crippen molar-refractivity contribution < 1.29 is 45.7 Å². The molecule has 0 amide bonds. The van der Waals surface area contributed by atoms with Crippen molar-refractivity contribution in [2.45, 2.75) is 57.8 Å². The Morgan fingerprint density at radius 3 is 2.20 bits per heavy atom. The molecule has 3 aromatic rings. The first-order chi connectivity index (χ1) is 22.0. The van der Waals surface area contributed by atoms with Gasteiger partial charge in [0, 0.05) is 23.6 Å². The molecule has 1 N–H and O–H groups in total. The Morgan fingerprint density at radius 2 is 1.61 bits per heavy atom. The summed E-state index contributed by atoms with van der Waals surface area (Å²) in [5, 5.41) is 11.9. The molecule has 1 heterocycles. The molecule has 2 atom stereocenters. The number of nitrogens with zero attached hydrogens (tertiary/aromatic N) is 1. The molecule has 0 saturated heterocycles. The molecule has 10 nitrogen and oxygen atoms in total. The van der Waals surface area contributed by atoms with Gasteiger partial charge in [-0.1, -0.05) is 35.3 Å². The third kappa shape index (κ3) is 9.34. The van der Waals surface area contributed by atoms with E-state index in [2.05, 4.69) is 9.46 Å². The van der Waals surface area contributed by atoms with Gasteiger partial charge in [0.25, 0.3) is 0 Å². The maximum absolute atomic E-state index is 13.7. The number of nitrogens with one attached hydrogen (secondary N) is 1. The largest absolute Gasteiger partial charge is 0.619 e. The molecule has 2 saturated carbocycles. The predicted octanol–water partition coefficient (Wildman–Crippen LogP) is 6.12. The zero-order valence-electron chi connectivity index (χ0n) is 24.6. The Labute approximate surface area is 276 Å². The molecule has 2 fully saturated rings. The van der Waals surface area contributed by atoms with E-state index >= 15 is 0 Å². The van der Waals surface area contributed by atoms with E-state index in [0.29, 0.717) is 52.2 Å². The van der Waals surface area contributed by atoms with Gasteiger partial charge in [0.05, 0.1) is 18.8 Å². The maximum Gasteiger partial charge on any atom is 0.387 e. The number of pyridine rings is 1. The van der Waals surface area contributed by atoms with Gasteiger partial charge < -0.3 is 24.2 Å². The number of aromatic nitrogens is 1. The van der Waals surface area contributed by atoms with E-state index < -0.39 is 35.6 Å². The minimum absolute atomic E-state index is 0.0321. The molecule has 5 rings (SSSR count). The van der Waals surface area contributed by atoms with Crippen molar-refractivity contribution in [3.63, 3.8) is 0 Å². The molecule has 0 bridgehead atoms. The average Bonchev–Trinajstić information content (AvgIpc) is 3.92. The lowest BCUT2D eigenvalue weighted by molar-refractivity contribution is -0.605. The minimum atomic E-state index is -3.09. The molecule has 46 heavy (non-hydrogen) atoms. The van der Waals surface area contributed by atoms with Crippen molar-refractivity contribution in [2.24, 2.45) is 11.8 Å². The van der Waals surface area contributed by atoms with Crippen LogP contribution in [0.1, 0.15) is 71.8 Å². The number of benzene rings is 2. The molecule has 2 aromatic carbocycles. The second-order valence-electron chi connectivity index (χ2n) is 11.3. The highest BCUT2D eigenvalue weighted by atomic mass is 35.5. The van der Waals surface area contributed by atoms with Crippen molar-refractivity contribution in [3.8, 4) is 17.2 Å². The van der Waals surface area contributed by atoms with E-state index in [1.54, 1.807) is 13.0 Å². The molecule has 2 aliphatic rings. The first-order valence-corrected chi connectivity index (χ1v) is 16.6. The third-order valence-corrected chi connectivity index (χ3v) is 8.86. The zero-order valence-corrected chi connectivity index (χ0v) is 27.0. The van der Waals surface area contributed by atoms with Crippen LogP contribution in [0.15, 0.2) is 48.8 Å². The first-order valence-electron chi connectivity index (χ1n) is 14.6. The lowest BCUT2D eigenvalue weighted by Gasteiger charge is -2.22. The van der Waals surface area contributed by atoms with E-state index in [4.69, 9.17) is 37.4 Å². The van der Waals surface area contributed by atoms with Gasteiger partial charge in [0.15, 0.2) is 23.9 Å². The topological polar surface area (TPSA) is 127 Å². The summed E-state index contributed by atoms with van der Waals surface area (Å²) in [6.45, 7) is -0.722. The van der Waals surface area contributed by atoms with Crippen molar-refractivity contribution in [1.29, 1.82) is 0 Å². The third-order valence-electron chi connectivity index (χ3n) is 7.61. The SMILES string of the molecule is CC(N[SH](=O)=O)c1ccc(C(=O)O[C@@H](Cc2c(Cl)c[n+]([O-])cc2Cl)c2ccc(OC(F)F)c(OCC3CC3)c2)cc1OCC1CC1. The van der Waals surface area contributed by atoms with Crippen molar-refractivity contribution >= 4 is 40.1 Å². The second-order valence-corrected chi connectivity index (χ2v) is 12.9. The fraction of sp³-hybridized carbons (Fsp3) is 0.419. The van der Waals surface area contributed by atoms with E-state index in [1.165, 1.54) is 30.3 Å². The van der Waals surface area contributed by atoms with Gasteiger partial charge in [-0.15, -0.1) is 0 Å². The number of hydrogen-bond donors (Lipinski definition) is 2. The summed E-state index contributed by atoms with van der Waals surface area (Å²) >= 11 is 12.7. The van der Waals surface area contributed by atoms with E-state index in [0.717, 1.165) is 38.1 Å². The molecule has 248 valence electrons. The van der Waals surface area contributed by atoms with E-state index in [1.807, 2.05) is 0 Å². The fourth-order valence-corrected chi connectivity index (χ4v) is 5.78. The van der Waals surface area contributed by atoms with Crippen LogP contribution in [-0.4, -0.2) is 34.2 Å². The Kier molecular flexibility index (Phi) is 11.1. The molecule has 15 heteroatoms. The highest BCUT2D eigenvalue weighted by Gasteiger charge is 2.28. The van der Waals surface area contributed by atoms with Crippen molar-refractivity contribution in [3.05, 3.63) is 86.3 Å². The van der Waals surface area contributed by atoms with Crippen LogP contribution in [0.3, 0.4) is 0 Å². The van der Waals surface area contributed by atoms with Gasteiger partial charge in [-0.05, 0) is 74.3 Å². The molecule has 0 radical (unpaired) electrons. The van der Waals surface area contributed by atoms with E-state index in [-0.39, 0.29) is 33.5 Å². The van der Waals surface area contributed by atoms with E-state index in [9.17, 15) is 27.2 Å². The lowest BCUT2D eigenvalue weighted by Crippen LogP contribution is -2.25. The number of carbonyl (C=O) groups is 1. The quantitative estimate of drug-likeness (QED) is 0.0792. The fourth-order valence-electron chi connectivity index (χ4n) is 4.72. The number of halogens is 4. The summed E-state index contributed by atoms with van der Waals surface area (Å²) in [5.41, 5.74) is 1.33. The minimum Gasteiger partial charge on any atom is -0.619 e. The van der Waals surface area contributed by atoms with Crippen LogP contribution in [0.5, 0.6) is 17.2 Å². The number of thiol groups is 1. The standard InChI is InChI=1S/C31H32Cl2F2N2O8S/c1-17(36-46(40)41)22-8-6-21(11-28(22)42-15-18-2-3-18)30(38)44-27(12-23-24(32)13-37(39)14-25(23)33)20-7-9-26(45-31(34)35)29(10-20)43-16-19-4-5-19/h6-11,13-14,17-19,27,31,46H,2-5,12,15-16H2,1H3,(H,36,40,41)/t17?,27-/m0/s1. The number of esters is 1. The van der Waals surface area contributed by atoms with Gasteiger partial charge >= 0.3 is 12.6 Å². The first kappa shape index (κ1) is 34.0. The normalized spacial score (nSPS) is 15.9. The van der Waals surface area contributed by atoms with Crippen LogP contribution >= 0.6 is 23.2 Å². The Balaban J connectivity index is 1.47. The van der Waals surface area contributed by atoms with Crippen LogP contribution in [0.2, 0.25) is 10.0 Å². The molecule has 1 aromatic heterocycles. The number of hydrogen-bond acceptors (Lipinski definition) is 8. The summed E-state index contributed by atoms with van der Waals surface area (Å²) in [5.74, 6) is 0.125. The van der Waals surface area contributed by atoms with Crippen LogP contribution in [0.25, 0.3) is 0 Å². The molecule has 0 aliphatic heterocycles. The number of carbonyl (C=O) groups excluding carboxylic acids is 1. The van der Waals surface area contributed by atoms with Crippen LogP contribution in [-0.2, 0) is 22.0 Å². The summed E-state index contributed by atoms with van der Waals surface area (Å²) in [7, 11) is -2.89. The number of rotatable bonds is 16. The van der Waals surface area contributed by atoms with Gasteiger partial charge in [-0.3, -0.25) is 0 Å². The van der Waals surface area contributed by atoms with Crippen LogP contribution < -0.4 is 23.7 Å². The van der Waals surface area contributed by atoms with Gasteiger partial charge in [0.2, 0.25) is 10.9 Å². The van der Waals surface area contributed by atoms with Gasteiger partial charge in [-0.2, -0.15) is 13.5 Å². The Bertz CT molecular complexity index is 1620. The van der Waals surface area contributed by atoms with Crippen LogP contribution in [0.4, 0.5) is 8.78 Å². The molecular formula is C31H32Cl2F2N2O8S. The van der Waals surface area contributed by atoms with Crippen molar-refractivity contribution in [1.82, 2.24) is 4.72 Å². The lowest BCUT2D eigenvalue weighted by atomic mass is 10.0. The summed E-state index contributed by atoms with van der Waals surface area (Å²) in [4.78, 5) is 13.7. The maximum atomic E-state index is 13.7. The summed E-state index contributed by atoms with van der Waals surface area (Å²) in [6.07, 6.45) is 5.02. The molecular weight excluding hydrogens is 669 g/mol. The molecule has 2 aliphatic carbocycles. The average molecular weight is 702 g/mol. The molecule has 1 unspecified atom stereocenters. The second kappa shape index (κ2) is 15.0. The van der Waals surface area contributed by atoms with Crippen LogP contribution in [0, 0.1) is 17.0 Å². The van der Waals surface area contributed by atoms with Gasteiger partial charge in [0.1, 0.15) is 21.9 Å². The zero-order chi connectivity index (χ0) is 33.0. The Morgan fingerprint density at radius 1 is 0.978 bits per heavy atom.